The Hall–Kier alpha value is -2.34. The van der Waals surface area contributed by atoms with Crippen molar-refractivity contribution in [3.05, 3.63) is 71.8 Å². The van der Waals surface area contributed by atoms with E-state index in [-0.39, 0.29) is 23.6 Å². The summed E-state index contributed by atoms with van der Waals surface area (Å²) in [5, 5.41) is 3.04. The van der Waals surface area contributed by atoms with Crippen LogP contribution >= 0.6 is 0 Å². The van der Waals surface area contributed by atoms with Crippen LogP contribution in [-0.2, 0) is 22.8 Å². The Morgan fingerprint density at radius 3 is 2.07 bits per heavy atom. The first kappa shape index (κ1) is 19.4. The second-order valence-corrected chi connectivity index (χ2v) is 9.32. The number of benzene rings is 2. The summed E-state index contributed by atoms with van der Waals surface area (Å²) >= 11 is 0. The summed E-state index contributed by atoms with van der Waals surface area (Å²) in [7, 11) is -2.93. The van der Waals surface area contributed by atoms with E-state index in [1.807, 2.05) is 53.4 Å². The van der Waals surface area contributed by atoms with Gasteiger partial charge in [-0.2, -0.15) is 0 Å². The molecule has 0 atom stereocenters. The topological polar surface area (TPSA) is 66.5 Å². The van der Waals surface area contributed by atoms with Crippen LogP contribution in [0, 0.1) is 0 Å². The third-order valence-electron chi connectivity index (χ3n) is 4.90. The van der Waals surface area contributed by atoms with Crippen LogP contribution < -0.4 is 5.32 Å². The van der Waals surface area contributed by atoms with Crippen LogP contribution in [0.4, 0.5) is 4.79 Å². The van der Waals surface area contributed by atoms with Gasteiger partial charge in [0.25, 0.3) is 0 Å². The van der Waals surface area contributed by atoms with E-state index in [0.29, 0.717) is 25.9 Å². The molecule has 0 bridgehead atoms. The van der Waals surface area contributed by atoms with E-state index in [4.69, 9.17) is 0 Å². The largest absolute Gasteiger partial charge is 0.335 e. The second kappa shape index (κ2) is 9.04. The fraction of sp³-hybridized carbons (Fsp3) is 0.381. The van der Waals surface area contributed by atoms with E-state index in [1.54, 1.807) is 0 Å². The summed E-state index contributed by atoms with van der Waals surface area (Å²) in [5.41, 5.74) is 2.26. The molecule has 2 aromatic carbocycles. The fourth-order valence-electron chi connectivity index (χ4n) is 3.27. The van der Waals surface area contributed by atoms with Crippen molar-refractivity contribution in [3.8, 4) is 0 Å². The van der Waals surface area contributed by atoms with Crippen LogP contribution in [0.2, 0.25) is 0 Å². The number of hydrogen-bond acceptors (Lipinski definition) is 3. The van der Waals surface area contributed by atoms with Gasteiger partial charge in [0.2, 0.25) is 0 Å². The molecule has 1 saturated heterocycles. The number of nitrogens with one attached hydrogen (secondary N) is 1. The Morgan fingerprint density at radius 2 is 1.48 bits per heavy atom. The highest BCUT2D eigenvalue weighted by Gasteiger charge is 2.26. The molecule has 1 aliphatic rings. The first-order valence-corrected chi connectivity index (χ1v) is 11.2. The van der Waals surface area contributed by atoms with Gasteiger partial charge < -0.3 is 10.2 Å². The quantitative estimate of drug-likeness (QED) is 0.830. The van der Waals surface area contributed by atoms with Crippen LogP contribution in [-0.4, -0.2) is 43.4 Å². The molecular weight excluding hydrogens is 360 g/mol. The van der Waals surface area contributed by atoms with Gasteiger partial charge in [-0.1, -0.05) is 60.7 Å². The Morgan fingerprint density at radius 1 is 0.926 bits per heavy atom. The summed E-state index contributed by atoms with van der Waals surface area (Å²) in [6.45, 7) is 1.14. The minimum absolute atomic E-state index is 0.0731. The molecule has 0 aromatic heterocycles. The van der Waals surface area contributed by atoms with E-state index in [1.165, 1.54) is 5.56 Å². The van der Waals surface area contributed by atoms with Crippen LogP contribution in [0.3, 0.4) is 0 Å². The minimum atomic E-state index is -2.93. The Kier molecular flexibility index (Phi) is 6.50. The lowest BCUT2D eigenvalue weighted by molar-refractivity contribution is 0.190. The lowest BCUT2D eigenvalue weighted by Gasteiger charge is -2.28. The van der Waals surface area contributed by atoms with Crippen molar-refractivity contribution in [2.24, 2.45) is 0 Å². The van der Waals surface area contributed by atoms with Crippen LogP contribution in [0.5, 0.6) is 0 Å². The van der Waals surface area contributed by atoms with Crippen molar-refractivity contribution in [3.63, 3.8) is 0 Å². The highest BCUT2D eigenvalue weighted by atomic mass is 32.2. The van der Waals surface area contributed by atoms with E-state index >= 15 is 0 Å². The van der Waals surface area contributed by atoms with Gasteiger partial charge in [0.05, 0.1) is 11.5 Å². The predicted octanol–water partition coefficient (Wildman–Crippen LogP) is 3.02. The van der Waals surface area contributed by atoms with E-state index in [2.05, 4.69) is 17.4 Å². The number of urea groups is 1. The zero-order valence-electron chi connectivity index (χ0n) is 15.4. The molecule has 5 nitrogen and oxygen atoms in total. The molecule has 1 N–H and O–H groups in total. The zero-order chi connectivity index (χ0) is 19.1. The summed E-state index contributed by atoms with van der Waals surface area (Å²) in [6.07, 6.45) is 1.76. The maximum atomic E-state index is 12.9. The third-order valence-corrected chi connectivity index (χ3v) is 6.61. The number of nitrogens with zero attached hydrogens (tertiary/aromatic N) is 1. The van der Waals surface area contributed by atoms with Crippen molar-refractivity contribution < 1.29 is 13.2 Å². The minimum Gasteiger partial charge on any atom is -0.335 e. The summed E-state index contributed by atoms with van der Waals surface area (Å²) in [6, 6.07) is 19.8. The third kappa shape index (κ3) is 6.10. The molecule has 0 spiro atoms. The van der Waals surface area contributed by atoms with Gasteiger partial charge >= 0.3 is 6.03 Å². The SMILES string of the molecule is O=C(NC1CCS(=O)(=O)CC1)N(CCc1ccccc1)Cc1ccccc1. The molecule has 0 saturated carbocycles. The molecule has 2 aromatic rings. The number of carbonyl (C=O) groups excluding carboxylic acids is 1. The van der Waals surface area contributed by atoms with Gasteiger partial charge in [-0.3, -0.25) is 0 Å². The Bertz CT molecular complexity index is 824. The fourth-order valence-corrected chi connectivity index (χ4v) is 4.76. The van der Waals surface area contributed by atoms with Crippen molar-refractivity contribution in [1.29, 1.82) is 0 Å². The second-order valence-electron chi connectivity index (χ2n) is 7.02. The molecule has 3 rings (SSSR count). The van der Waals surface area contributed by atoms with Crippen LogP contribution in [0.25, 0.3) is 0 Å². The summed E-state index contributed by atoms with van der Waals surface area (Å²) in [4.78, 5) is 14.7. The van der Waals surface area contributed by atoms with Crippen LogP contribution in [0.15, 0.2) is 60.7 Å². The van der Waals surface area contributed by atoms with Gasteiger partial charge in [0.1, 0.15) is 9.84 Å². The van der Waals surface area contributed by atoms with Gasteiger partial charge in [-0.25, -0.2) is 13.2 Å². The lowest BCUT2D eigenvalue weighted by atomic mass is 10.1. The molecule has 1 aliphatic heterocycles. The maximum absolute atomic E-state index is 12.9. The zero-order valence-corrected chi connectivity index (χ0v) is 16.2. The first-order valence-electron chi connectivity index (χ1n) is 9.35. The normalized spacial score (nSPS) is 16.6. The highest BCUT2D eigenvalue weighted by Crippen LogP contribution is 2.14. The maximum Gasteiger partial charge on any atom is 0.317 e. The summed E-state index contributed by atoms with van der Waals surface area (Å²) in [5.74, 6) is 0.307. The molecule has 6 heteroatoms. The molecule has 27 heavy (non-hydrogen) atoms. The molecule has 1 fully saturated rings. The number of amides is 2. The smallest absolute Gasteiger partial charge is 0.317 e. The molecule has 0 radical (unpaired) electrons. The van der Waals surface area contributed by atoms with Crippen molar-refractivity contribution in [1.82, 2.24) is 10.2 Å². The van der Waals surface area contributed by atoms with E-state index in [9.17, 15) is 13.2 Å². The first-order chi connectivity index (χ1) is 13.0. The molecule has 1 heterocycles. The highest BCUT2D eigenvalue weighted by molar-refractivity contribution is 7.91. The van der Waals surface area contributed by atoms with E-state index in [0.717, 1.165) is 12.0 Å². The molecule has 0 unspecified atom stereocenters. The summed E-state index contributed by atoms with van der Waals surface area (Å²) < 4.78 is 23.2. The van der Waals surface area contributed by atoms with Gasteiger partial charge in [-0.15, -0.1) is 0 Å². The molecule has 144 valence electrons. The van der Waals surface area contributed by atoms with Crippen molar-refractivity contribution in [2.45, 2.75) is 31.8 Å². The van der Waals surface area contributed by atoms with E-state index < -0.39 is 9.84 Å². The van der Waals surface area contributed by atoms with Crippen LogP contribution in [0.1, 0.15) is 24.0 Å². The predicted molar refractivity (Wildman–Crippen MR) is 107 cm³/mol. The Balaban J connectivity index is 1.63. The molecular formula is C21H26N2O3S. The average Bonchev–Trinajstić information content (AvgIpc) is 2.68. The standard InChI is InChI=1S/C21H26N2O3S/c24-21(22-20-12-15-27(25,26)16-13-20)23(17-19-9-5-2-6-10-19)14-11-18-7-3-1-4-8-18/h1-10,20H,11-17H2,(H,22,24). The monoisotopic (exact) mass is 386 g/mol. The van der Waals surface area contributed by atoms with Crippen molar-refractivity contribution >= 4 is 15.9 Å². The van der Waals surface area contributed by atoms with Gasteiger partial charge in [0.15, 0.2) is 0 Å². The average molecular weight is 387 g/mol. The number of rotatable bonds is 6. The Labute approximate surface area is 161 Å². The van der Waals surface area contributed by atoms with Gasteiger partial charge in [-0.05, 0) is 30.4 Å². The molecule has 2 amide bonds. The van der Waals surface area contributed by atoms with Gasteiger partial charge in [0, 0.05) is 19.1 Å². The lowest BCUT2D eigenvalue weighted by Crippen LogP contribution is -2.47. The molecule has 0 aliphatic carbocycles. The van der Waals surface area contributed by atoms with Crippen molar-refractivity contribution in [2.75, 3.05) is 18.1 Å². The number of sulfone groups is 1. The number of carbonyl (C=O) groups is 1. The number of hydrogen-bond donors (Lipinski definition) is 1.